The number of aromatic nitrogens is 4. The van der Waals surface area contributed by atoms with Gasteiger partial charge in [0, 0.05) is 10.6 Å². The van der Waals surface area contributed by atoms with Gasteiger partial charge in [-0.15, -0.1) is 10.2 Å². The van der Waals surface area contributed by atoms with Gasteiger partial charge in [0.15, 0.2) is 0 Å². The lowest BCUT2D eigenvalue weighted by atomic mass is 10.2. The van der Waals surface area contributed by atoms with Gasteiger partial charge >= 0.3 is 0 Å². The number of nitrogens with two attached hydrogens (primary N) is 1. The highest BCUT2D eigenvalue weighted by molar-refractivity contribution is 7.19. The summed E-state index contributed by atoms with van der Waals surface area (Å²) in [6.07, 6.45) is 0. The molecule has 0 radical (unpaired) electrons. The monoisotopic (exact) mass is 279 g/mol. The van der Waals surface area contributed by atoms with Gasteiger partial charge in [-0.1, -0.05) is 35.1 Å². The summed E-state index contributed by atoms with van der Waals surface area (Å²) in [6.45, 7) is 0. The molecule has 0 bridgehead atoms. The van der Waals surface area contributed by atoms with Gasteiger partial charge in [0.05, 0.1) is 0 Å². The third kappa shape index (κ3) is 1.73. The summed E-state index contributed by atoms with van der Waals surface area (Å²) in [5.41, 5.74) is 6.03. The fourth-order valence-corrected chi connectivity index (χ4v) is 2.53. The summed E-state index contributed by atoms with van der Waals surface area (Å²) in [5.74, 6) is -0.639. The van der Waals surface area contributed by atoms with Crippen molar-refractivity contribution in [2.45, 2.75) is 0 Å². The van der Waals surface area contributed by atoms with Crippen LogP contribution in [0.5, 0.6) is 0 Å². The molecule has 0 saturated heterocycles. The predicted octanol–water partition coefficient (Wildman–Crippen LogP) is 1.61. The van der Waals surface area contributed by atoms with Crippen LogP contribution in [0.4, 0.5) is 0 Å². The number of primary amides is 1. The van der Waals surface area contributed by atoms with Crippen LogP contribution in [-0.4, -0.2) is 25.7 Å². The van der Waals surface area contributed by atoms with Gasteiger partial charge in [0.1, 0.15) is 5.01 Å². The van der Waals surface area contributed by atoms with Gasteiger partial charge in [0.2, 0.25) is 10.8 Å². The largest absolute Gasteiger partial charge is 0.363 e. The molecule has 0 aliphatic heterocycles. The number of amides is 1. The van der Waals surface area contributed by atoms with Crippen molar-refractivity contribution < 1.29 is 4.79 Å². The second-order valence-corrected chi connectivity index (χ2v) is 4.89. The van der Waals surface area contributed by atoms with Crippen LogP contribution in [0.25, 0.3) is 15.5 Å². The van der Waals surface area contributed by atoms with Gasteiger partial charge < -0.3 is 5.73 Å². The second-order valence-electron chi connectivity index (χ2n) is 3.50. The van der Waals surface area contributed by atoms with Gasteiger partial charge in [0.25, 0.3) is 5.91 Å². The first kappa shape index (κ1) is 11.1. The summed E-state index contributed by atoms with van der Waals surface area (Å²) in [6, 6.07) is 7.27. The standard InChI is InChI=1S/C10H6ClN5OS/c11-6-3-1-2-5(4-6)9-15-16-8(7(12)17)13-14-10(16)18-9/h1-4H,(H2,12,17). The molecule has 18 heavy (non-hydrogen) atoms. The molecule has 0 aliphatic rings. The first-order valence-corrected chi connectivity index (χ1v) is 6.12. The molecule has 6 nitrogen and oxygen atoms in total. The summed E-state index contributed by atoms with van der Waals surface area (Å²) in [5, 5.41) is 13.1. The Morgan fingerprint density at radius 2 is 2.22 bits per heavy atom. The molecule has 0 unspecified atom stereocenters. The van der Waals surface area contributed by atoms with Crippen LogP contribution in [0.15, 0.2) is 24.3 Å². The van der Waals surface area contributed by atoms with E-state index in [4.69, 9.17) is 17.3 Å². The molecule has 8 heteroatoms. The van der Waals surface area contributed by atoms with Crippen molar-refractivity contribution >= 4 is 33.8 Å². The molecule has 0 saturated carbocycles. The minimum atomic E-state index is -0.662. The van der Waals surface area contributed by atoms with E-state index in [0.29, 0.717) is 15.0 Å². The highest BCUT2D eigenvalue weighted by Gasteiger charge is 2.16. The molecule has 2 N–H and O–H groups in total. The molecule has 0 fully saturated rings. The molecule has 0 atom stereocenters. The lowest BCUT2D eigenvalue weighted by molar-refractivity contribution is 0.0988. The average Bonchev–Trinajstić information content (AvgIpc) is 2.87. The quantitative estimate of drug-likeness (QED) is 0.772. The van der Waals surface area contributed by atoms with Gasteiger partial charge in [-0.3, -0.25) is 4.79 Å². The molecule has 90 valence electrons. The Hall–Kier alpha value is -1.99. The Bertz CT molecular complexity index is 750. The van der Waals surface area contributed by atoms with E-state index in [1.807, 2.05) is 12.1 Å². The van der Waals surface area contributed by atoms with Crippen LogP contribution >= 0.6 is 22.9 Å². The highest BCUT2D eigenvalue weighted by Crippen LogP contribution is 2.27. The smallest absolute Gasteiger partial charge is 0.288 e. The number of fused-ring (bicyclic) bond motifs is 1. The fourth-order valence-electron chi connectivity index (χ4n) is 1.51. The van der Waals surface area contributed by atoms with E-state index in [1.165, 1.54) is 15.9 Å². The van der Waals surface area contributed by atoms with Crippen molar-refractivity contribution in [2.24, 2.45) is 5.73 Å². The zero-order valence-electron chi connectivity index (χ0n) is 8.87. The van der Waals surface area contributed by atoms with Gasteiger partial charge in [-0.25, -0.2) is 0 Å². The third-order valence-corrected chi connectivity index (χ3v) is 3.47. The van der Waals surface area contributed by atoms with Crippen LogP contribution < -0.4 is 5.73 Å². The summed E-state index contributed by atoms with van der Waals surface area (Å²) in [4.78, 5) is 11.6. The number of nitrogens with zero attached hydrogens (tertiary/aromatic N) is 4. The van der Waals surface area contributed by atoms with Crippen LogP contribution in [0.3, 0.4) is 0 Å². The van der Waals surface area contributed by atoms with Crippen molar-refractivity contribution in [3.63, 3.8) is 0 Å². The highest BCUT2D eigenvalue weighted by atomic mass is 35.5. The van der Waals surface area contributed by atoms with Crippen LogP contribution in [0.2, 0.25) is 5.02 Å². The number of carbonyl (C=O) groups is 1. The van der Waals surface area contributed by atoms with E-state index >= 15 is 0 Å². The SMILES string of the molecule is NC(=O)c1nnc2sc(-c3cccc(Cl)c3)nn12. The minimum absolute atomic E-state index is 0.0227. The van der Waals surface area contributed by atoms with Gasteiger partial charge in [-0.05, 0) is 12.1 Å². The third-order valence-electron chi connectivity index (χ3n) is 2.28. The Labute approximate surface area is 110 Å². The van der Waals surface area contributed by atoms with Crippen molar-refractivity contribution in [1.82, 2.24) is 19.8 Å². The van der Waals surface area contributed by atoms with E-state index in [-0.39, 0.29) is 5.82 Å². The number of carbonyl (C=O) groups excluding carboxylic acids is 1. The molecule has 1 amide bonds. The zero-order valence-corrected chi connectivity index (χ0v) is 10.4. The van der Waals surface area contributed by atoms with Gasteiger partial charge in [-0.2, -0.15) is 9.61 Å². The number of halogens is 1. The molecule has 3 aromatic rings. The zero-order chi connectivity index (χ0) is 12.7. The number of benzene rings is 1. The molecule has 2 aromatic heterocycles. The Morgan fingerprint density at radius 3 is 2.94 bits per heavy atom. The van der Waals surface area contributed by atoms with Crippen molar-refractivity contribution in [1.29, 1.82) is 0 Å². The summed E-state index contributed by atoms with van der Waals surface area (Å²) in [7, 11) is 0. The lowest BCUT2D eigenvalue weighted by Gasteiger charge is -1.95. The predicted molar refractivity (Wildman–Crippen MR) is 67.6 cm³/mol. The van der Waals surface area contributed by atoms with Crippen LogP contribution in [0.1, 0.15) is 10.6 Å². The lowest BCUT2D eigenvalue weighted by Crippen LogP contribution is -2.15. The summed E-state index contributed by atoms with van der Waals surface area (Å²) < 4.78 is 1.34. The molecule has 1 aromatic carbocycles. The molecule has 2 heterocycles. The molecule has 0 spiro atoms. The summed E-state index contributed by atoms with van der Waals surface area (Å²) >= 11 is 7.23. The van der Waals surface area contributed by atoms with Crippen molar-refractivity contribution in [2.75, 3.05) is 0 Å². The van der Waals surface area contributed by atoms with E-state index in [0.717, 1.165) is 5.56 Å². The van der Waals surface area contributed by atoms with Crippen LogP contribution in [-0.2, 0) is 0 Å². The Kier molecular flexibility index (Phi) is 2.49. The van der Waals surface area contributed by atoms with E-state index < -0.39 is 5.91 Å². The minimum Gasteiger partial charge on any atom is -0.363 e. The number of hydrogen-bond acceptors (Lipinski definition) is 5. The fraction of sp³-hybridized carbons (Fsp3) is 0. The number of rotatable bonds is 2. The van der Waals surface area contributed by atoms with Crippen LogP contribution in [0, 0.1) is 0 Å². The molecular weight excluding hydrogens is 274 g/mol. The van der Waals surface area contributed by atoms with E-state index in [2.05, 4.69) is 15.3 Å². The van der Waals surface area contributed by atoms with E-state index in [1.54, 1.807) is 12.1 Å². The maximum Gasteiger partial charge on any atom is 0.288 e. The topological polar surface area (TPSA) is 86.2 Å². The van der Waals surface area contributed by atoms with E-state index in [9.17, 15) is 4.79 Å². The second kappa shape index (κ2) is 4.04. The molecule has 0 aliphatic carbocycles. The Morgan fingerprint density at radius 1 is 1.39 bits per heavy atom. The normalized spacial score (nSPS) is 10.9. The average molecular weight is 280 g/mol. The number of hydrogen-bond donors (Lipinski definition) is 1. The molecule has 3 rings (SSSR count). The van der Waals surface area contributed by atoms with Crippen molar-refractivity contribution in [3.05, 3.63) is 35.1 Å². The maximum absolute atomic E-state index is 11.1. The Balaban J connectivity index is 2.17. The maximum atomic E-state index is 11.1. The first-order valence-electron chi connectivity index (χ1n) is 4.93. The first-order chi connectivity index (χ1) is 8.65. The van der Waals surface area contributed by atoms with Crippen molar-refractivity contribution in [3.8, 4) is 10.6 Å². The molecular formula is C10H6ClN5OS.